The fourth-order valence-electron chi connectivity index (χ4n) is 4.21. The molecule has 1 aliphatic carbocycles. The molecule has 1 aromatic carbocycles. The van der Waals surface area contributed by atoms with E-state index < -0.39 is 17.8 Å². The third-order valence-electron chi connectivity index (χ3n) is 5.66. The molecule has 162 valence electrons. The third-order valence-corrected chi connectivity index (χ3v) is 5.66. The van der Waals surface area contributed by atoms with Crippen LogP contribution >= 0.6 is 0 Å². The number of allylic oxidation sites excluding steroid dienone is 1. The minimum absolute atomic E-state index is 0.128. The lowest BCUT2D eigenvalue weighted by atomic mass is 9.69. The van der Waals surface area contributed by atoms with Gasteiger partial charge in [0.25, 0.3) is 0 Å². The number of hydrogen-bond acceptors (Lipinski definition) is 6. The van der Waals surface area contributed by atoms with Crippen LogP contribution in [-0.2, 0) is 19.1 Å². The number of nitrogens with zero attached hydrogens (tertiary/aromatic N) is 1. The summed E-state index contributed by atoms with van der Waals surface area (Å²) in [5, 5.41) is 0. The summed E-state index contributed by atoms with van der Waals surface area (Å²) >= 11 is 0. The van der Waals surface area contributed by atoms with E-state index in [1.54, 1.807) is 7.11 Å². The van der Waals surface area contributed by atoms with Crippen molar-refractivity contribution in [1.82, 2.24) is 0 Å². The maximum atomic E-state index is 13.1. The van der Waals surface area contributed by atoms with Gasteiger partial charge in [-0.25, -0.2) is 4.79 Å². The maximum absolute atomic E-state index is 13.1. The smallest absolute Gasteiger partial charge is 0.336 e. The Hall–Kier alpha value is -2.47. The summed E-state index contributed by atoms with van der Waals surface area (Å²) in [4.78, 5) is 30.7. The van der Waals surface area contributed by atoms with Crippen molar-refractivity contribution in [2.24, 2.45) is 10.9 Å². The number of ether oxygens (including phenoxy) is 3. The summed E-state index contributed by atoms with van der Waals surface area (Å²) in [7, 11) is 1.56. The lowest BCUT2D eigenvalue weighted by molar-refractivity contribution is -0.140. The first-order chi connectivity index (χ1) is 14.6. The third kappa shape index (κ3) is 4.81. The Balaban J connectivity index is 2.04. The number of esters is 1. The molecule has 0 bridgehead atoms. The molecule has 0 N–H and O–H groups in total. The molecule has 1 fully saturated rings. The average molecular weight is 414 g/mol. The van der Waals surface area contributed by atoms with Crippen LogP contribution in [0.15, 0.2) is 40.5 Å². The first-order valence-corrected chi connectivity index (χ1v) is 10.8. The van der Waals surface area contributed by atoms with Crippen molar-refractivity contribution >= 4 is 17.5 Å². The van der Waals surface area contributed by atoms with E-state index in [0.717, 1.165) is 37.0 Å². The van der Waals surface area contributed by atoms with Gasteiger partial charge in [0.2, 0.25) is 0 Å². The van der Waals surface area contributed by atoms with Gasteiger partial charge >= 0.3 is 5.97 Å². The lowest BCUT2D eigenvalue weighted by Gasteiger charge is -2.36. The van der Waals surface area contributed by atoms with Crippen molar-refractivity contribution in [1.29, 1.82) is 0 Å². The first kappa shape index (κ1) is 22.2. The van der Waals surface area contributed by atoms with Crippen LogP contribution < -0.4 is 4.74 Å². The van der Waals surface area contributed by atoms with Crippen LogP contribution in [0.5, 0.6) is 5.75 Å². The van der Waals surface area contributed by atoms with Gasteiger partial charge in [-0.2, -0.15) is 0 Å². The van der Waals surface area contributed by atoms with E-state index in [1.807, 2.05) is 31.2 Å². The molecule has 2 atom stereocenters. The van der Waals surface area contributed by atoms with Gasteiger partial charge in [0.15, 0.2) is 0 Å². The number of benzene rings is 1. The van der Waals surface area contributed by atoms with Crippen molar-refractivity contribution in [2.75, 3.05) is 26.9 Å². The zero-order valence-corrected chi connectivity index (χ0v) is 18.1. The molecule has 1 heterocycles. The standard InChI is InChI=1S/C24H31NO5/c1-4-5-13-29-20-12-7-6-9-17(20)22-21(24(27)30-15-14-28-3)16(2)25-18-10-8-11-19(26)23(18)22/h6-7,9,12,22-23H,4-5,8,10-11,13-15H2,1-3H3/t22-,23?/m0/s1. The molecule has 6 heteroatoms. The second kappa shape index (κ2) is 10.5. The number of carbonyl (C=O) groups excluding carboxylic acids is 2. The van der Waals surface area contributed by atoms with Crippen LogP contribution in [0.3, 0.4) is 0 Å². The SMILES string of the molecule is CCCCOc1ccccc1[C@H]1C(C(=O)OCCOC)=C(C)N=C2CCCC(=O)C21. The summed E-state index contributed by atoms with van der Waals surface area (Å²) in [6, 6.07) is 7.70. The van der Waals surface area contributed by atoms with Gasteiger partial charge in [-0.05, 0) is 32.3 Å². The molecule has 0 spiro atoms. The Morgan fingerprint density at radius 1 is 1.13 bits per heavy atom. The van der Waals surface area contributed by atoms with Crippen molar-refractivity contribution < 1.29 is 23.8 Å². The van der Waals surface area contributed by atoms with E-state index in [0.29, 0.717) is 36.7 Å². The monoisotopic (exact) mass is 413 g/mol. The molecule has 0 radical (unpaired) electrons. The summed E-state index contributed by atoms with van der Waals surface area (Å²) in [5.74, 6) is -0.491. The second-order valence-corrected chi connectivity index (χ2v) is 7.75. The van der Waals surface area contributed by atoms with E-state index in [-0.39, 0.29) is 12.4 Å². The van der Waals surface area contributed by atoms with Gasteiger partial charge in [0.1, 0.15) is 18.1 Å². The van der Waals surface area contributed by atoms with Gasteiger partial charge in [0.05, 0.1) is 24.7 Å². The number of unbranched alkanes of at least 4 members (excludes halogenated alkanes) is 1. The fourth-order valence-corrected chi connectivity index (χ4v) is 4.21. The number of para-hydroxylation sites is 1. The molecule has 1 aromatic rings. The van der Waals surface area contributed by atoms with Crippen molar-refractivity contribution in [2.45, 2.75) is 51.9 Å². The fraction of sp³-hybridized carbons (Fsp3) is 0.542. The number of aliphatic imine (C=N–C) groups is 1. The Kier molecular flexibility index (Phi) is 7.80. The summed E-state index contributed by atoms with van der Waals surface area (Å²) < 4.78 is 16.5. The normalized spacial score (nSPS) is 21.2. The average Bonchev–Trinajstić information content (AvgIpc) is 2.73. The topological polar surface area (TPSA) is 74.2 Å². The number of carbonyl (C=O) groups is 2. The molecule has 1 unspecified atom stereocenters. The van der Waals surface area contributed by atoms with E-state index in [4.69, 9.17) is 14.2 Å². The number of fused-ring (bicyclic) bond motifs is 1. The Bertz CT molecular complexity index is 842. The van der Waals surface area contributed by atoms with Gasteiger partial charge in [-0.15, -0.1) is 0 Å². The van der Waals surface area contributed by atoms with Crippen molar-refractivity contribution in [3.8, 4) is 5.75 Å². The number of methoxy groups -OCH3 is 1. The minimum atomic E-state index is -0.446. The van der Waals surface area contributed by atoms with E-state index in [9.17, 15) is 9.59 Å². The maximum Gasteiger partial charge on any atom is 0.336 e. The molecular weight excluding hydrogens is 382 g/mol. The van der Waals surface area contributed by atoms with E-state index in [1.165, 1.54) is 0 Å². The highest BCUT2D eigenvalue weighted by Gasteiger charge is 2.44. The molecule has 30 heavy (non-hydrogen) atoms. The number of hydrogen-bond donors (Lipinski definition) is 0. The summed E-state index contributed by atoms with van der Waals surface area (Å²) in [5.41, 5.74) is 2.78. The van der Waals surface area contributed by atoms with E-state index >= 15 is 0 Å². The molecule has 6 nitrogen and oxygen atoms in total. The van der Waals surface area contributed by atoms with Crippen molar-refractivity contribution in [3.05, 3.63) is 41.1 Å². The Labute approximate surface area is 178 Å². The van der Waals surface area contributed by atoms with E-state index in [2.05, 4.69) is 11.9 Å². The highest BCUT2D eigenvalue weighted by molar-refractivity contribution is 6.11. The predicted molar refractivity (Wildman–Crippen MR) is 115 cm³/mol. The van der Waals surface area contributed by atoms with Crippen LogP contribution in [0.1, 0.15) is 57.4 Å². The number of Topliss-reactive ketones (excluding diaryl/α,β-unsaturated/α-hetero) is 1. The van der Waals surface area contributed by atoms with Crippen LogP contribution in [0.25, 0.3) is 0 Å². The highest BCUT2D eigenvalue weighted by Crippen LogP contribution is 2.45. The largest absolute Gasteiger partial charge is 0.493 e. The molecule has 1 saturated carbocycles. The summed E-state index contributed by atoms with van der Waals surface area (Å²) in [6.07, 6.45) is 4.05. The molecule has 2 aliphatic rings. The van der Waals surface area contributed by atoms with Gasteiger partial charge < -0.3 is 14.2 Å². The quantitative estimate of drug-likeness (QED) is 0.447. The highest BCUT2D eigenvalue weighted by atomic mass is 16.6. The van der Waals surface area contributed by atoms with Gasteiger partial charge in [-0.1, -0.05) is 31.5 Å². The Morgan fingerprint density at radius 3 is 2.70 bits per heavy atom. The molecular formula is C24H31NO5. The number of ketones is 1. The molecule has 0 aromatic heterocycles. The zero-order chi connectivity index (χ0) is 21.5. The van der Waals surface area contributed by atoms with Crippen LogP contribution in [0, 0.1) is 5.92 Å². The lowest BCUT2D eigenvalue weighted by Crippen LogP contribution is -2.39. The zero-order valence-electron chi connectivity index (χ0n) is 18.1. The first-order valence-electron chi connectivity index (χ1n) is 10.8. The minimum Gasteiger partial charge on any atom is -0.493 e. The summed E-state index contributed by atoms with van der Waals surface area (Å²) in [6.45, 7) is 5.00. The second-order valence-electron chi connectivity index (χ2n) is 7.75. The van der Waals surface area contributed by atoms with Crippen LogP contribution in [-0.4, -0.2) is 44.4 Å². The molecule has 3 rings (SSSR count). The predicted octanol–water partition coefficient (Wildman–Crippen LogP) is 4.24. The Morgan fingerprint density at radius 2 is 1.93 bits per heavy atom. The molecule has 0 saturated heterocycles. The molecule has 1 aliphatic heterocycles. The number of rotatable bonds is 9. The molecule has 0 amide bonds. The van der Waals surface area contributed by atoms with Gasteiger partial charge in [-0.3, -0.25) is 9.79 Å². The van der Waals surface area contributed by atoms with Gasteiger partial charge in [0, 0.05) is 36.4 Å². The van der Waals surface area contributed by atoms with Crippen molar-refractivity contribution in [3.63, 3.8) is 0 Å². The van der Waals surface area contributed by atoms with Crippen LogP contribution in [0.2, 0.25) is 0 Å². The van der Waals surface area contributed by atoms with Crippen LogP contribution in [0.4, 0.5) is 0 Å².